The number of benzene rings is 2. The highest BCUT2D eigenvalue weighted by atomic mass is 35.5. The molecule has 1 atom stereocenters. The van der Waals surface area contributed by atoms with E-state index in [1.807, 2.05) is 37.3 Å². The van der Waals surface area contributed by atoms with Crippen molar-refractivity contribution in [2.45, 2.75) is 95.6 Å². The van der Waals surface area contributed by atoms with Crippen LogP contribution in [-0.2, 0) is 35.8 Å². The smallest absolute Gasteiger partial charge is 0.475 e. The highest BCUT2D eigenvalue weighted by Gasteiger charge is 2.50. The lowest BCUT2D eigenvalue weighted by Gasteiger charge is -2.38. The molecule has 4 rings (SSSR count). The van der Waals surface area contributed by atoms with E-state index >= 15 is 0 Å². The Bertz CT molecular complexity index is 1640. The van der Waals surface area contributed by atoms with Crippen LogP contribution in [0.2, 0.25) is 5.02 Å². The Morgan fingerprint density at radius 3 is 2.18 bits per heavy atom. The summed E-state index contributed by atoms with van der Waals surface area (Å²) in [5.41, 5.74) is 6.23. The Morgan fingerprint density at radius 1 is 1.06 bits per heavy atom. The van der Waals surface area contributed by atoms with Crippen molar-refractivity contribution in [2.24, 2.45) is 5.73 Å². The fraction of sp³-hybridized carbons (Fsp3) is 0.514. The lowest BCUT2D eigenvalue weighted by molar-refractivity contribution is -0.192. The maximum absolute atomic E-state index is 14.3. The average Bonchev–Trinajstić information content (AvgIpc) is 3.26. The number of carbonyl (C=O) groups excluding carboxylic acids is 2. The normalized spacial score (nSPS) is 17.3. The number of rotatable bonds is 13. The number of amides is 2. The van der Waals surface area contributed by atoms with Crippen LogP contribution in [0.5, 0.6) is 0 Å². The lowest BCUT2D eigenvalue weighted by atomic mass is 9.76. The van der Waals surface area contributed by atoms with Crippen LogP contribution in [0.3, 0.4) is 0 Å². The van der Waals surface area contributed by atoms with Crippen molar-refractivity contribution in [1.82, 2.24) is 14.9 Å². The maximum atomic E-state index is 14.3. The molecule has 0 aromatic heterocycles. The first-order chi connectivity index (χ1) is 23.8. The summed E-state index contributed by atoms with van der Waals surface area (Å²) in [6, 6.07) is 15.3. The number of halogens is 4. The van der Waals surface area contributed by atoms with E-state index < -0.39 is 45.2 Å². The van der Waals surface area contributed by atoms with E-state index in [1.165, 1.54) is 0 Å². The Kier molecular flexibility index (Phi) is 14.6. The van der Waals surface area contributed by atoms with Gasteiger partial charge in [-0.1, -0.05) is 86.7 Å². The van der Waals surface area contributed by atoms with Crippen LogP contribution < -0.4 is 15.8 Å². The molecule has 1 saturated carbocycles. The molecule has 282 valence electrons. The second kappa shape index (κ2) is 17.8. The van der Waals surface area contributed by atoms with Gasteiger partial charge in [0.1, 0.15) is 6.04 Å². The topological polar surface area (TPSA) is 168 Å². The second-order valence-corrected chi connectivity index (χ2v) is 15.3. The first-order valence-corrected chi connectivity index (χ1v) is 18.5. The van der Waals surface area contributed by atoms with Gasteiger partial charge in [0.2, 0.25) is 21.8 Å². The zero-order valence-electron chi connectivity index (χ0n) is 28.9. The number of carboxylic acids is 1. The van der Waals surface area contributed by atoms with Gasteiger partial charge in [0.15, 0.2) is 0 Å². The molecule has 1 spiro atoms. The summed E-state index contributed by atoms with van der Waals surface area (Å²) in [4.78, 5) is 38.1. The van der Waals surface area contributed by atoms with E-state index in [4.69, 9.17) is 32.0 Å². The van der Waals surface area contributed by atoms with Crippen LogP contribution in [0.15, 0.2) is 60.2 Å². The van der Waals surface area contributed by atoms with E-state index in [-0.39, 0.29) is 30.6 Å². The van der Waals surface area contributed by atoms with Crippen molar-refractivity contribution in [2.75, 3.05) is 19.7 Å². The van der Waals surface area contributed by atoms with Gasteiger partial charge >= 0.3 is 12.1 Å². The molecular weight excluding hydrogens is 713 g/mol. The summed E-state index contributed by atoms with van der Waals surface area (Å²) >= 11 is 6.15. The van der Waals surface area contributed by atoms with Gasteiger partial charge in [-0.05, 0) is 61.9 Å². The molecule has 5 N–H and O–H groups in total. The monoisotopic (exact) mass is 758 g/mol. The first kappa shape index (κ1) is 41.9. The number of nitrogens with two attached hydrogens (primary N) is 1. The number of aliphatic carboxylic acids is 1. The van der Waals surface area contributed by atoms with Crippen LogP contribution >= 0.6 is 11.6 Å². The van der Waals surface area contributed by atoms with E-state index in [0.29, 0.717) is 42.0 Å². The largest absolute Gasteiger partial charge is 0.490 e. The molecule has 16 heteroatoms. The Balaban J connectivity index is 0.000000908. The Hall–Kier alpha value is -3.50. The molecule has 1 aliphatic heterocycles. The van der Waals surface area contributed by atoms with Crippen LogP contribution in [-0.4, -0.2) is 79.2 Å². The van der Waals surface area contributed by atoms with Crippen molar-refractivity contribution in [3.63, 3.8) is 0 Å². The van der Waals surface area contributed by atoms with Crippen LogP contribution in [0, 0.1) is 0 Å². The average molecular weight is 759 g/mol. The number of carbonyl (C=O) groups is 3. The van der Waals surface area contributed by atoms with Crippen LogP contribution in [0.1, 0.15) is 76.8 Å². The third-order valence-electron chi connectivity index (χ3n) is 8.53. The van der Waals surface area contributed by atoms with E-state index in [9.17, 15) is 31.2 Å². The molecule has 1 aliphatic carbocycles. The van der Waals surface area contributed by atoms with Crippen molar-refractivity contribution < 1.29 is 45.8 Å². The number of nitrogens with zero attached hydrogens (tertiary/aromatic N) is 1. The van der Waals surface area contributed by atoms with Gasteiger partial charge in [-0.3, -0.25) is 9.59 Å². The molecule has 1 heterocycles. The van der Waals surface area contributed by atoms with Gasteiger partial charge in [-0.15, -0.1) is 0 Å². The fourth-order valence-electron chi connectivity index (χ4n) is 5.88. The number of sulfonamides is 1. The summed E-state index contributed by atoms with van der Waals surface area (Å²) in [7, 11) is -3.87. The highest BCUT2D eigenvalue weighted by molar-refractivity contribution is 7.99. The molecule has 2 amide bonds. The van der Waals surface area contributed by atoms with Gasteiger partial charge < -0.3 is 25.8 Å². The number of alkyl halides is 3. The predicted molar refractivity (Wildman–Crippen MR) is 188 cm³/mol. The molecule has 2 aliphatic rings. The van der Waals surface area contributed by atoms with Gasteiger partial charge in [-0.2, -0.15) is 13.2 Å². The van der Waals surface area contributed by atoms with E-state index in [2.05, 4.69) is 10.0 Å². The van der Waals surface area contributed by atoms with E-state index in [0.717, 1.165) is 31.2 Å². The van der Waals surface area contributed by atoms with Crippen molar-refractivity contribution in [3.8, 4) is 0 Å². The molecule has 1 fully saturated rings. The second-order valence-electron chi connectivity index (χ2n) is 13.2. The Morgan fingerprint density at radius 2 is 1.65 bits per heavy atom. The van der Waals surface area contributed by atoms with Crippen LogP contribution in [0.25, 0.3) is 4.91 Å². The highest BCUT2D eigenvalue weighted by Crippen LogP contribution is 2.46. The number of unbranched alkanes of at least 4 members (excludes halogenated alkanes) is 1. The third kappa shape index (κ3) is 11.8. The first-order valence-electron chi connectivity index (χ1n) is 16.6. The molecular formula is C35H46ClF3N4O7S. The molecule has 2 aromatic rings. The van der Waals surface area contributed by atoms with Gasteiger partial charge in [0.05, 0.1) is 29.2 Å². The molecule has 0 radical (unpaired) electrons. The molecule has 0 saturated heterocycles. The number of nitrogens with one attached hydrogen (secondary N) is 2. The minimum Gasteiger partial charge on any atom is -0.475 e. The van der Waals surface area contributed by atoms with Crippen LogP contribution in [0.4, 0.5) is 13.2 Å². The fourth-order valence-corrected chi connectivity index (χ4v) is 7.98. The number of carboxylic acid groups (broad SMARTS) is 1. The number of hydrogen-bond acceptors (Lipinski definition) is 7. The lowest BCUT2D eigenvalue weighted by Crippen LogP contribution is -2.58. The molecule has 2 aromatic carbocycles. The molecule has 51 heavy (non-hydrogen) atoms. The van der Waals surface area contributed by atoms with Crippen molar-refractivity contribution >= 4 is 44.3 Å². The summed E-state index contributed by atoms with van der Waals surface area (Å²) in [5.74, 6) is -3.58. The zero-order valence-corrected chi connectivity index (χ0v) is 30.5. The van der Waals surface area contributed by atoms with Crippen molar-refractivity contribution in [3.05, 3.63) is 76.3 Å². The standard InChI is InChI=1S/C33H45ClN4O5S.C2HF3O2/c1-4-5-20-38(30(39)28(36-31(40)32(2,3)35)23-43-22-24-12-8-6-9-13-24)21-27-29(25-14-16-26(34)17-15-25)44(41,42)37-33(27)18-10-7-11-19-33;3-2(4,5)1(6)7/h6,8-9,12-17,28,37H,4-5,7,10-11,18-23,35H2,1-3H3,(H,36,40);(H,6,7)/t28-;/m1./s1. The SMILES string of the molecule is CCCCN(CC1=C(c2ccc(Cl)cc2)S(=O)(=O)NC12CCCCC2)C(=O)[C@@H](COCc1ccccc1)NC(=O)C(C)(C)N.O=C(O)C(F)(F)F. The van der Waals surface area contributed by atoms with Gasteiger partial charge in [-0.25, -0.2) is 17.9 Å². The summed E-state index contributed by atoms with van der Waals surface area (Å²) in [6.45, 7) is 5.87. The number of hydrogen-bond donors (Lipinski definition) is 4. The van der Waals surface area contributed by atoms with Gasteiger partial charge in [0.25, 0.3) is 0 Å². The summed E-state index contributed by atoms with van der Waals surface area (Å²) in [6.07, 6.45) is 0.517. The Labute approximate surface area is 301 Å². The minimum atomic E-state index is -5.08. The molecule has 11 nitrogen and oxygen atoms in total. The van der Waals surface area contributed by atoms with Crippen molar-refractivity contribution in [1.29, 1.82) is 0 Å². The summed E-state index contributed by atoms with van der Waals surface area (Å²) in [5, 5.41) is 10.4. The zero-order chi connectivity index (χ0) is 38.0. The molecule has 0 bridgehead atoms. The van der Waals surface area contributed by atoms with E-state index in [1.54, 1.807) is 43.0 Å². The van der Waals surface area contributed by atoms with Gasteiger partial charge in [0, 0.05) is 18.1 Å². The predicted octanol–water partition coefficient (Wildman–Crippen LogP) is 5.39. The molecule has 0 unspecified atom stereocenters. The maximum Gasteiger partial charge on any atom is 0.490 e. The number of ether oxygens (including phenoxy) is 1. The summed E-state index contributed by atoms with van der Waals surface area (Å²) < 4.78 is 68.2. The third-order valence-corrected chi connectivity index (χ3v) is 10.5. The quantitative estimate of drug-likeness (QED) is 0.211. The minimum absolute atomic E-state index is 0.0665.